The van der Waals surface area contributed by atoms with Gasteiger partial charge in [-0.2, -0.15) is 26.0 Å². The molecule has 11 aromatic rings. The first kappa shape index (κ1) is 94.3. The van der Waals surface area contributed by atoms with E-state index >= 15 is 0 Å². The minimum Gasteiger partial charge on any atom is -0.445 e. The van der Waals surface area contributed by atoms with Gasteiger partial charge in [0, 0.05) is 120 Å². The van der Waals surface area contributed by atoms with Gasteiger partial charge in [0.15, 0.2) is 23.8 Å². The molecule has 1 saturated carbocycles. The summed E-state index contributed by atoms with van der Waals surface area (Å²) in [6, 6.07) is 48.2. The summed E-state index contributed by atoms with van der Waals surface area (Å²) in [5, 5.41) is 44.8. The number of hydrogen-bond acceptors (Lipinski definition) is 26. The molecule has 3 fully saturated rings. The number of nitrogens with zero attached hydrogens (tertiary/aromatic N) is 19. The number of amides is 5. The number of aromatic nitrogens is 6. The van der Waals surface area contributed by atoms with Crippen molar-refractivity contribution in [1.82, 2.24) is 58.9 Å². The fourth-order valence-electron chi connectivity index (χ4n) is 19.3. The number of hydrogen-bond donors (Lipinski definition) is 4. The number of benzene rings is 4. The van der Waals surface area contributed by atoms with Gasteiger partial charge in [-0.15, -0.1) is 45.3 Å². The third-order valence-electron chi connectivity index (χ3n) is 27.0. The lowest BCUT2D eigenvalue weighted by atomic mass is 9.70. The summed E-state index contributed by atoms with van der Waals surface area (Å²) < 4.78 is 9.21. The number of ether oxygens (including phenoxy) is 1. The van der Waals surface area contributed by atoms with Crippen molar-refractivity contribution in [2.24, 2.45) is 66.6 Å². The van der Waals surface area contributed by atoms with Gasteiger partial charge in [-0.05, 0) is 246 Å². The summed E-state index contributed by atoms with van der Waals surface area (Å²) >= 11 is 6.26. The Balaban J connectivity index is 0.000000136. The van der Waals surface area contributed by atoms with Crippen LogP contribution >= 0.6 is 45.3 Å². The van der Waals surface area contributed by atoms with E-state index in [0.29, 0.717) is 42.6 Å². The van der Waals surface area contributed by atoms with Gasteiger partial charge < -0.3 is 37.5 Å². The molecular weight excluding hydrogens is 1750 g/mol. The maximum Gasteiger partial charge on any atom is 0.410 e. The van der Waals surface area contributed by atoms with Crippen molar-refractivity contribution in [3.63, 3.8) is 0 Å². The molecule has 4 aromatic carbocycles. The molecule has 8 atom stereocenters. The largest absolute Gasteiger partial charge is 0.445 e. The van der Waals surface area contributed by atoms with Crippen molar-refractivity contribution in [2.45, 2.75) is 165 Å². The second-order valence-electron chi connectivity index (χ2n) is 36.3. The van der Waals surface area contributed by atoms with Crippen LogP contribution in [0.3, 0.4) is 0 Å². The highest BCUT2D eigenvalue weighted by molar-refractivity contribution is 7.11. The molecule has 133 heavy (non-hydrogen) atoms. The molecule has 0 bridgehead atoms. The van der Waals surface area contributed by atoms with Crippen molar-refractivity contribution < 1.29 is 28.7 Å². The summed E-state index contributed by atoms with van der Waals surface area (Å²) in [6.45, 7) is 19.6. The minimum atomic E-state index is -0.867. The Morgan fingerprint density at radius 3 is 1.17 bits per heavy atom. The molecule has 8 N–H and O–H groups in total. The highest BCUT2D eigenvalue weighted by Crippen LogP contribution is 2.53. The van der Waals surface area contributed by atoms with Gasteiger partial charge in [0.1, 0.15) is 35.1 Å². The Morgan fingerprint density at radius 2 is 0.797 bits per heavy atom. The zero-order valence-electron chi connectivity index (χ0n) is 76.8. The first-order chi connectivity index (χ1) is 63.7. The molecule has 7 aliphatic rings. The molecule has 0 unspecified atom stereocenters. The van der Waals surface area contributed by atoms with Crippen molar-refractivity contribution in [2.75, 3.05) is 54.4 Å². The van der Waals surface area contributed by atoms with Crippen LogP contribution in [0, 0.1) is 57.7 Å². The summed E-state index contributed by atoms with van der Waals surface area (Å²) in [5.74, 6) is -0.697. The number of aliphatic imine (C=N–C) groups is 4. The molecule has 0 spiro atoms. The molecule has 0 radical (unpaired) electrons. The van der Waals surface area contributed by atoms with Gasteiger partial charge in [-0.3, -0.25) is 48.1 Å². The third-order valence-corrected chi connectivity index (χ3v) is 31.7. The van der Waals surface area contributed by atoms with Crippen LogP contribution in [0.2, 0.25) is 0 Å². The fraction of sp³-hybridized carbons (Fsp3) is 0.380. The maximum absolute atomic E-state index is 13.6. The number of piperidine rings is 2. The fourth-order valence-corrected chi connectivity index (χ4v) is 23.5. The van der Waals surface area contributed by atoms with E-state index in [0.717, 1.165) is 113 Å². The van der Waals surface area contributed by atoms with E-state index in [4.69, 9.17) is 47.6 Å². The molecule has 2 saturated heterocycles. The summed E-state index contributed by atoms with van der Waals surface area (Å²) in [6.07, 6.45) is 20.8. The molecule has 33 heteroatoms. The monoisotopic (exact) mass is 1860 g/mol. The first-order valence-electron chi connectivity index (χ1n) is 44.7. The Kier molecular flexibility index (Phi) is 28.1. The van der Waals surface area contributed by atoms with E-state index in [1.165, 1.54) is 69.4 Å². The van der Waals surface area contributed by atoms with E-state index in [-0.39, 0.29) is 90.0 Å². The van der Waals surface area contributed by atoms with Gasteiger partial charge in [0.05, 0.1) is 71.0 Å². The Morgan fingerprint density at radius 1 is 0.444 bits per heavy atom. The number of carbonyl (C=O) groups is 5. The quantitative estimate of drug-likeness (QED) is 0.0658. The van der Waals surface area contributed by atoms with Gasteiger partial charge in [-0.25, -0.2) is 34.7 Å². The number of nitrogens with two attached hydrogens (primary N) is 4. The van der Waals surface area contributed by atoms with Crippen LogP contribution in [-0.2, 0) is 52.7 Å². The minimum absolute atomic E-state index is 0.0422. The molecule has 13 heterocycles. The number of rotatable bonds is 17. The van der Waals surface area contributed by atoms with Crippen LogP contribution in [0.4, 0.5) is 4.79 Å². The normalized spacial score (nSPS) is 23.1. The molecule has 29 nitrogen and oxygen atoms in total. The predicted molar refractivity (Wildman–Crippen MR) is 521 cm³/mol. The van der Waals surface area contributed by atoms with E-state index in [9.17, 15) is 39.8 Å². The van der Waals surface area contributed by atoms with Gasteiger partial charge in [-0.1, -0.05) is 79.6 Å². The number of likely N-dealkylation sites (N-methyl/N-ethyl adjacent to an activating group) is 2. The molecule has 7 aromatic heterocycles. The van der Waals surface area contributed by atoms with Gasteiger partial charge in [0.2, 0.25) is 23.6 Å². The van der Waals surface area contributed by atoms with Crippen LogP contribution in [0.1, 0.15) is 184 Å². The van der Waals surface area contributed by atoms with Crippen molar-refractivity contribution in [1.29, 1.82) is 15.8 Å². The molecular formula is C100H111N23O6S4. The van der Waals surface area contributed by atoms with Crippen LogP contribution in [-0.4, -0.2) is 173 Å². The van der Waals surface area contributed by atoms with E-state index < -0.39 is 39.9 Å². The SMILES string of the molecule is CC(C)n1cc([C@@H]2C(=O)N(C)C(N)=N[C@]2(C)c2cc(-c3cccc(C#N)c3)cs2)cn1.CC(C)n1cc([C@H]2C(=O)N(C)C(N)=N[C@]2(C)c2cc(-c3cccc(C#N)c3)cs2)cn1.CN1C(=O)[C@@H](C2CCN(C(=O)OCc3ccccc3)CC2)[C@@](C)(c2cc(-c3cncnc3)cs2)N=C1N.CN1C(=O)[C@H](C2CCN(C3CCCC3)CC2)[C@@](C)(c2cc(-c3cccc(C#N)c3)cs2)N=C1N. The van der Waals surface area contributed by atoms with Gasteiger partial charge in [0.25, 0.3) is 0 Å². The molecule has 686 valence electrons. The summed E-state index contributed by atoms with van der Waals surface area (Å²) in [7, 11) is 6.71. The first-order valence-corrected chi connectivity index (χ1v) is 48.2. The number of nitriles is 3. The van der Waals surface area contributed by atoms with Crippen LogP contribution in [0.15, 0.2) is 212 Å². The molecule has 18 rings (SSSR count). The lowest BCUT2D eigenvalue weighted by Gasteiger charge is -2.46. The highest BCUT2D eigenvalue weighted by Gasteiger charge is 2.55. The molecule has 6 aliphatic heterocycles. The van der Waals surface area contributed by atoms with Crippen LogP contribution < -0.4 is 22.9 Å². The van der Waals surface area contributed by atoms with E-state index in [1.807, 2.05) is 189 Å². The summed E-state index contributed by atoms with van der Waals surface area (Å²) in [5.41, 5.74) is 33.7. The second kappa shape index (κ2) is 39.6. The van der Waals surface area contributed by atoms with E-state index in [2.05, 4.69) is 67.7 Å². The van der Waals surface area contributed by atoms with E-state index in [1.54, 1.807) is 97.6 Å². The standard InChI is InChI=1S/C27H30N6O3S.C27H33N5OS.2C23H24N6OS/c1-27(22-12-20(16-37-22)21-13-29-17-30-14-21)23(24(34)32(2)25(28)31-27)19-8-10-33(11-9-19)26(35)36-15-18-6-4-3-5-7-18;1-27(23-15-21(17-34-23)20-7-5-6-18(14-20)16-28)24(25(33)31(2)26(29)30-27)19-10-12-32(13-11-19)22-8-3-4-9-22;2*1-14(2)29-12-18(11-26-29)20-21(30)28(4)22(25)27-23(20,3)19-9-17(13-31-19)16-7-5-6-15(8-16)10-24/h3-7,12-14,16-17,19,23H,8-11,15H2,1-2H3,(H2,28,31);5-7,14-15,17,19,22,24H,3-4,8-13H2,1-2H3,(H2,29,30);2*5-9,11-14,20H,1-4H3,(H2,25,27)/t23-,27-;24-,27+;20-,23+;20-,23-/m1001/s1. The van der Waals surface area contributed by atoms with Crippen LogP contribution in [0.5, 0.6) is 0 Å². The van der Waals surface area contributed by atoms with Gasteiger partial charge >= 0.3 is 6.09 Å². The number of carbonyl (C=O) groups excluding carboxylic acids is 5. The summed E-state index contributed by atoms with van der Waals surface area (Å²) in [4.78, 5) is 108. The average Bonchev–Trinajstić information content (AvgIpc) is 1.67. The second-order valence-corrected chi connectivity index (χ2v) is 39.9. The lowest BCUT2D eigenvalue weighted by Crippen LogP contribution is -2.57. The predicted octanol–water partition coefficient (Wildman–Crippen LogP) is 16.1. The maximum atomic E-state index is 13.6. The van der Waals surface area contributed by atoms with Crippen molar-refractivity contribution in [3.8, 4) is 62.7 Å². The highest BCUT2D eigenvalue weighted by atomic mass is 32.1. The average molecular weight is 1860 g/mol. The number of thiophene rings is 4. The Labute approximate surface area is 791 Å². The van der Waals surface area contributed by atoms with Crippen LogP contribution in [0.25, 0.3) is 44.5 Å². The smallest absolute Gasteiger partial charge is 0.410 e. The third kappa shape index (κ3) is 19.4. The van der Waals surface area contributed by atoms with Crippen molar-refractivity contribution >= 4 is 98.9 Å². The molecule has 5 amide bonds. The Bertz CT molecular complexity index is 6190. The zero-order chi connectivity index (χ0) is 94.5. The number of guanidine groups is 4. The van der Waals surface area contributed by atoms with Crippen molar-refractivity contribution in [3.05, 3.63) is 245 Å². The zero-order valence-corrected chi connectivity index (χ0v) is 80.0. The lowest BCUT2D eigenvalue weighted by molar-refractivity contribution is -0.138. The molecule has 1 aliphatic carbocycles. The number of likely N-dealkylation sites (tertiary alicyclic amines) is 2. The topological polar surface area (TPSA) is 400 Å². The Hall–Kier alpha value is -13.4.